The predicted octanol–water partition coefficient (Wildman–Crippen LogP) is 2.52. The maximum Gasteiger partial charge on any atom is 0.105 e. The fourth-order valence-corrected chi connectivity index (χ4v) is 1.85. The van der Waals surface area contributed by atoms with Crippen molar-refractivity contribution >= 4 is 12.6 Å². The van der Waals surface area contributed by atoms with Crippen molar-refractivity contribution in [2.24, 2.45) is 0 Å². The van der Waals surface area contributed by atoms with E-state index in [-0.39, 0.29) is 0 Å². The second-order valence-corrected chi connectivity index (χ2v) is 4.79. The van der Waals surface area contributed by atoms with Crippen molar-refractivity contribution in [3.05, 3.63) is 35.4 Å². The van der Waals surface area contributed by atoms with E-state index in [0.29, 0.717) is 18.1 Å². The molecule has 1 aromatic carbocycles. The van der Waals surface area contributed by atoms with Gasteiger partial charge < -0.3 is 10.2 Å². The van der Waals surface area contributed by atoms with Gasteiger partial charge in [0.15, 0.2) is 0 Å². The van der Waals surface area contributed by atoms with Gasteiger partial charge in [-0.05, 0) is 29.2 Å². The summed E-state index contributed by atoms with van der Waals surface area (Å²) in [5, 5.41) is 19.5. The second-order valence-electron chi connectivity index (χ2n) is 4.35. The van der Waals surface area contributed by atoms with Crippen molar-refractivity contribution < 1.29 is 10.2 Å². The van der Waals surface area contributed by atoms with Gasteiger partial charge in [0.05, 0.1) is 6.10 Å². The zero-order chi connectivity index (χ0) is 12.1. The van der Waals surface area contributed by atoms with Gasteiger partial charge in [-0.25, -0.2) is 0 Å². The highest BCUT2D eigenvalue weighted by Gasteiger charge is 2.17. The maximum absolute atomic E-state index is 9.87. The quantitative estimate of drug-likeness (QED) is 0.692. The number of benzene rings is 1. The molecule has 0 saturated carbocycles. The molecule has 0 aliphatic rings. The van der Waals surface area contributed by atoms with E-state index < -0.39 is 12.2 Å². The number of hydrogen-bond acceptors (Lipinski definition) is 3. The third-order valence-corrected chi connectivity index (χ3v) is 2.99. The van der Waals surface area contributed by atoms with E-state index in [1.165, 1.54) is 5.56 Å². The summed E-state index contributed by atoms with van der Waals surface area (Å²) in [4.78, 5) is 0. The van der Waals surface area contributed by atoms with Gasteiger partial charge in [0, 0.05) is 0 Å². The minimum atomic E-state index is -0.812. The average molecular weight is 240 g/mol. The molecular formula is C13H20O2S. The molecule has 2 atom stereocenters. The molecular weight excluding hydrogens is 220 g/mol. The first-order chi connectivity index (χ1) is 7.56. The number of aliphatic hydroxyl groups is 2. The summed E-state index contributed by atoms with van der Waals surface area (Å²) in [5.41, 5.74) is 2.00. The average Bonchev–Trinajstić information content (AvgIpc) is 2.28. The van der Waals surface area contributed by atoms with E-state index >= 15 is 0 Å². The Kier molecular flexibility index (Phi) is 5.32. The minimum Gasteiger partial charge on any atom is -0.390 e. The molecule has 0 fully saturated rings. The van der Waals surface area contributed by atoms with Gasteiger partial charge in [0.1, 0.15) is 6.10 Å². The van der Waals surface area contributed by atoms with E-state index in [0.717, 1.165) is 5.56 Å². The van der Waals surface area contributed by atoms with E-state index in [4.69, 9.17) is 0 Å². The zero-order valence-electron chi connectivity index (χ0n) is 9.80. The van der Waals surface area contributed by atoms with Crippen LogP contribution in [0.1, 0.15) is 43.4 Å². The largest absolute Gasteiger partial charge is 0.390 e. The van der Waals surface area contributed by atoms with Crippen LogP contribution in [0.4, 0.5) is 0 Å². The highest BCUT2D eigenvalue weighted by Crippen LogP contribution is 2.22. The molecule has 0 aromatic heterocycles. The van der Waals surface area contributed by atoms with Gasteiger partial charge in [-0.3, -0.25) is 0 Å². The normalized spacial score (nSPS) is 15.1. The lowest BCUT2D eigenvalue weighted by Gasteiger charge is -2.18. The first-order valence-electron chi connectivity index (χ1n) is 5.63. The number of hydrogen-bond donors (Lipinski definition) is 3. The summed E-state index contributed by atoms with van der Waals surface area (Å²) in [6.45, 7) is 4.25. The van der Waals surface area contributed by atoms with Crippen LogP contribution in [0.15, 0.2) is 24.3 Å². The molecule has 0 radical (unpaired) electrons. The molecule has 0 bridgehead atoms. The predicted molar refractivity (Wildman–Crippen MR) is 70.0 cm³/mol. The molecule has 0 aliphatic heterocycles. The Balaban J connectivity index is 2.73. The summed E-state index contributed by atoms with van der Waals surface area (Å²) < 4.78 is 0. The fraction of sp³-hybridized carbons (Fsp3) is 0.538. The SMILES string of the molecule is CC(C)c1ccc(C(O)C(O)CCS)cc1. The van der Waals surface area contributed by atoms with Crippen molar-refractivity contribution in [2.75, 3.05) is 5.75 Å². The molecule has 2 unspecified atom stereocenters. The molecule has 0 amide bonds. The molecule has 1 rings (SSSR count). The zero-order valence-corrected chi connectivity index (χ0v) is 10.7. The van der Waals surface area contributed by atoms with Crippen LogP contribution < -0.4 is 0 Å². The van der Waals surface area contributed by atoms with Gasteiger partial charge >= 0.3 is 0 Å². The lowest BCUT2D eigenvalue weighted by molar-refractivity contribution is 0.0172. The lowest BCUT2D eigenvalue weighted by Crippen LogP contribution is -2.18. The second kappa shape index (κ2) is 6.28. The Morgan fingerprint density at radius 3 is 2.00 bits per heavy atom. The molecule has 0 aliphatic carbocycles. The molecule has 2 nitrogen and oxygen atoms in total. The summed E-state index contributed by atoms with van der Waals surface area (Å²) in [6.07, 6.45) is -1.05. The third-order valence-electron chi connectivity index (χ3n) is 2.73. The fourth-order valence-electron chi connectivity index (χ4n) is 1.59. The molecule has 0 saturated heterocycles. The molecule has 1 aromatic rings. The van der Waals surface area contributed by atoms with E-state index in [9.17, 15) is 10.2 Å². The first kappa shape index (κ1) is 13.6. The maximum atomic E-state index is 9.87. The Morgan fingerprint density at radius 1 is 1.06 bits per heavy atom. The molecule has 16 heavy (non-hydrogen) atoms. The van der Waals surface area contributed by atoms with Gasteiger partial charge in [-0.15, -0.1) is 0 Å². The molecule has 90 valence electrons. The van der Waals surface area contributed by atoms with Crippen molar-refractivity contribution in [3.8, 4) is 0 Å². The van der Waals surface area contributed by atoms with Gasteiger partial charge in [-0.1, -0.05) is 38.1 Å². The summed E-state index contributed by atoms with van der Waals surface area (Å²) in [7, 11) is 0. The highest BCUT2D eigenvalue weighted by molar-refractivity contribution is 7.80. The van der Waals surface area contributed by atoms with Crippen LogP contribution >= 0.6 is 12.6 Å². The Bertz CT molecular complexity index is 308. The van der Waals surface area contributed by atoms with E-state index in [1.807, 2.05) is 24.3 Å². The minimum absolute atomic E-state index is 0.480. The summed E-state index contributed by atoms with van der Waals surface area (Å²) in [5.74, 6) is 1.05. The monoisotopic (exact) mass is 240 g/mol. The van der Waals surface area contributed by atoms with E-state index in [1.54, 1.807) is 0 Å². The standard InChI is InChI=1S/C13H20O2S/c1-9(2)10-3-5-11(6-4-10)13(15)12(14)7-8-16/h3-6,9,12-16H,7-8H2,1-2H3. The topological polar surface area (TPSA) is 40.5 Å². The summed E-state index contributed by atoms with van der Waals surface area (Å²) in [6, 6.07) is 7.75. The Hall–Kier alpha value is -0.510. The van der Waals surface area contributed by atoms with Crippen LogP contribution in [-0.2, 0) is 0 Å². The van der Waals surface area contributed by atoms with Crippen LogP contribution in [0.25, 0.3) is 0 Å². The van der Waals surface area contributed by atoms with Gasteiger partial charge in [0.25, 0.3) is 0 Å². The van der Waals surface area contributed by atoms with Crippen molar-refractivity contribution in [1.82, 2.24) is 0 Å². The summed E-state index contributed by atoms with van der Waals surface area (Å²) >= 11 is 4.04. The number of rotatable bonds is 5. The van der Waals surface area contributed by atoms with Crippen LogP contribution in [0, 0.1) is 0 Å². The number of aliphatic hydroxyl groups excluding tert-OH is 2. The van der Waals surface area contributed by atoms with E-state index in [2.05, 4.69) is 26.5 Å². The van der Waals surface area contributed by atoms with Crippen molar-refractivity contribution in [3.63, 3.8) is 0 Å². The van der Waals surface area contributed by atoms with Crippen molar-refractivity contribution in [1.29, 1.82) is 0 Å². The lowest BCUT2D eigenvalue weighted by atomic mass is 9.97. The first-order valence-corrected chi connectivity index (χ1v) is 6.26. The molecule has 2 N–H and O–H groups in total. The molecule has 0 heterocycles. The van der Waals surface area contributed by atoms with Crippen molar-refractivity contribution in [2.45, 2.75) is 38.4 Å². The third kappa shape index (κ3) is 3.51. The van der Waals surface area contributed by atoms with Crippen LogP contribution in [0.2, 0.25) is 0 Å². The Labute approximate surface area is 103 Å². The van der Waals surface area contributed by atoms with Gasteiger partial charge in [-0.2, -0.15) is 12.6 Å². The Morgan fingerprint density at radius 2 is 1.56 bits per heavy atom. The van der Waals surface area contributed by atoms with Gasteiger partial charge in [0.2, 0.25) is 0 Å². The van der Waals surface area contributed by atoms with Crippen LogP contribution in [-0.4, -0.2) is 22.1 Å². The van der Waals surface area contributed by atoms with Crippen LogP contribution in [0.3, 0.4) is 0 Å². The molecule has 3 heteroatoms. The molecule has 0 spiro atoms. The van der Waals surface area contributed by atoms with Crippen LogP contribution in [0.5, 0.6) is 0 Å². The smallest absolute Gasteiger partial charge is 0.105 e. The highest BCUT2D eigenvalue weighted by atomic mass is 32.1. The number of thiol groups is 1.